The van der Waals surface area contributed by atoms with Gasteiger partial charge in [-0.15, -0.1) is 0 Å². The summed E-state index contributed by atoms with van der Waals surface area (Å²) in [5.74, 6) is 0. The lowest BCUT2D eigenvalue weighted by atomic mass is 9.97. The van der Waals surface area contributed by atoms with Crippen molar-refractivity contribution < 1.29 is 8.42 Å². The number of fused-ring (bicyclic) bond motifs is 1. The molecule has 0 unspecified atom stereocenters. The average molecular weight is 443 g/mol. The van der Waals surface area contributed by atoms with Crippen LogP contribution in [-0.4, -0.2) is 30.4 Å². The van der Waals surface area contributed by atoms with Gasteiger partial charge in [0.25, 0.3) is 0 Å². The second-order valence-electron chi connectivity index (χ2n) is 8.20. The Morgan fingerprint density at radius 1 is 0.844 bits per heavy atom. The van der Waals surface area contributed by atoms with E-state index in [1.165, 1.54) is 33.3 Å². The van der Waals surface area contributed by atoms with Crippen LogP contribution in [0.1, 0.15) is 23.2 Å². The molecule has 0 bridgehead atoms. The van der Waals surface area contributed by atoms with Crippen LogP contribution in [0.4, 0.5) is 0 Å². The Kier molecular flexibility index (Phi) is 5.45. The third-order valence-corrected chi connectivity index (χ3v) is 8.17. The first-order valence-corrected chi connectivity index (χ1v) is 12.4. The molecule has 0 amide bonds. The van der Waals surface area contributed by atoms with Crippen LogP contribution in [-0.2, 0) is 16.6 Å². The molecule has 3 aromatic carbocycles. The zero-order valence-corrected chi connectivity index (χ0v) is 18.9. The summed E-state index contributed by atoms with van der Waals surface area (Å²) in [4.78, 5) is 0.354. The van der Waals surface area contributed by atoms with E-state index >= 15 is 0 Å². The van der Waals surface area contributed by atoms with Gasteiger partial charge in [0, 0.05) is 41.8 Å². The summed E-state index contributed by atoms with van der Waals surface area (Å²) in [5, 5.41) is 1.23. The van der Waals surface area contributed by atoms with Crippen molar-refractivity contribution in [1.29, 1.82) is 0 Å². The highest BCUT2D eigenvalue weighted by molar-refractivity contribution is 7.89. The van der Waals surface area contributed by atoms with Crippen LogP contribution < -0.4 is 0 Å². The summed E-state index contributed by atoms with van der Waals surface area (Å²) < 4.78 is 30.0. The predicted molar refractivity (Wildman–Crippen MR) is 130 cm³/mol. The second kappa shape index (κ2) is 8.41. The van der Waals surface area contributed by atoms with Gasteiger partial charge in [-0.2, -0.15) is 4.31 Å². The third kappa shape index (κ3) is 3.68. The lowest BCUT2D eigenvalue weighted by molar-refractivity contribution is 0.441. The van der Waals surface area contributed by atoms with Crippen molar-refractivity contribution in [2.75, 3.05) is 13.1 Å². The number of hydrogen-bond donors (Lipinski definition) is 0. The molecule has 5 heteroatoms. The van der Waals surface area contributed by atoms with Crippen LogP contribution in [0.15, 0.2) is 95.9 Å². The fourth-order valence-electron chi connectivity index (χ4n) is 4.64. The smallest absolute Gasteiger partial charge is 0.243 e. The van der Waals surface area contributed by atoms with Crippen LogP contribution in [0.2, 0.25) is 0 Å². The summed E-state index contributed by atoms with van der Waals surface area (Å²) in [5.41, 5.74) is 6.17. The molecule has 1 aliphatic heterocycles. The highest BCUT2D eigenvalue weighted by atomic mass is 32.2. The van der Waals surface area contributed by atoms with Gasteiger partial charge in [0.1, 0.15) is 0 Å². The molecule has 0 fully saturated rings. The quantitative estimate of drug-likeness (QED) is 0.411. The average Bonchev–Trinajstić information content (AvgIpc) is 3.11. The molecule has 0 atom stereocenters. The van der Waals surface area contributed by atoms with Crippen molar-refractivity contribution in [3.63, 3.8) is 0 Å². The minimum atomic E-state index is -3.47. The monoisotopic (exact) mass is 442 g/mol. The Morgan fingerprint density at radius 2 is 1.50 bits per heavy atom. The van der Waals surface area contributed by atoms with E-state index in [4.69, 9.17) is 0 Å². The highest BCUT2D eigenvalue weighted by Gasteiger charge is 2.27. The van der Waals surface area contributed by atoms with Gasteiger partial charge in [-0.1, -0.05) is 72.8 Å². The fourth-order valence-corrected chi connectivity index (χ4v) is 6.05. The highest BCUT2D eigenvalue weighted by Crippen LogP contribution is 2.35. The van der Waals surface area contributed by atoms with E-state index in [2.05, 4.69) is 66.1 Å². The van der Waals surface area contributed by atoms with Crippen molar-refractivity contribution in [2.45, 2.75) is 24.8 Å². The van der Waals surface area contributed by atoms with Crippen LogP contribution in [0.5, 0.6) is 0 Å². The number of para-hydroxylation sites is 1. The Morgan fingerprint density at radius 3 is 2.19 bits per heavy atom. The zero-order chi connectivity index (χ0) is 22.1. The van der Waals surface area contributed by atoms with Gasteiger partial charge in [0.15, 0.2) is 0 Å². The van der Waals surface area contributed by atoms with Crippen molar-refractivity contribution in [3.8, 4) is 0 Å². The van der Waals surface area contributed by atoms with E-state index in [9.17, 15) is 8.42 Å². The van der Waals surface area contributed by atoms with Gasteiger partial charge in [-0.25, -0.2) is 8.42 Å². The molecule has 5 rings (SSSR count). The number of nitrogens with zero attached hydrogens (tertiary/aromatic N) is 2. The van der Waals surface area contributed by atoms with Gasteiger partial charge in [-0.05, 0) is 42.7 Å². The summed E-state index contributed by atoms with van der Waals surface area (Å²) in [7, 11) is -3.47. The van der Waals surface area contributed by atoms with Gasteiger partial charge in [-0.3, -0.25) is 0 Å². The lowest BCUT2D eigenvalue weighted by Gasteiger charge is -2.26. The second-order valence-corrected chi connectivity index (χ2v) is 10.1. The number of sulfonamides is 1. The molecule has 0 saturated heterocycles. The molecular formula is C27H26N2O2S. The maximum absolute atomic E-state index is 13.0. The molecule has 0 spiro atoms. The SMILES string of the molecule is Cc1c(C2=CCN(S(=O)(=O)c3ccccc3)CC2)c2ccccc2n1Cc1ccccc1. The summed E-state index contributed by atoms with van der Waals surface area (Å²) in [6, 6.07) is 27.7. The minimum absolute atomic E-state index is 0.354. The van der Waals surface area contributed by atoms with E-state index in [1.54, 1.807) is 28.6 Å². The summed E-state index contributed by atoms with van der Waals surface area (Å²) in [6.07, 6.45) is 2.79. The van der Waals surface area contributed by atoms with E-state index in [0.717, 1.165) is 6.54 Å². The molecule has 1 aliphatic rings. The zero-order valence-electron chi connectivity index (χ0n) is 18.1. The van der Waals surface area contributed by atoms with Crippen LogP contribution in [0, 0.1) is 6.92 Å². The van der Waals surface area contributed by atoms with E-state index in [1.807, 2.05) is 12.1 Å². The number of benzene rings is 3. The molecule has 0 radical (unpaired) electrons. The molecule has 32 heavy (non-hydrogen) atoms. The molecule has 0 aliphatic carbocycles. The van der Waals surface area contributed by atoms with Gasteiger partial charge >= 0.3 is 0 Å². The van der Waals surface area contributed by atoms with Crippen molar-refractivity contribution in [2.24, 2.45) is 0 Å². The fraction of sp³-hybridized carbons (Fsp3) is 0.185. The molecule has 162 valence electrons. The maximum atomic E-state index is 13.0. The maximum Gasteiger partial charge on any atom is 0.243 e. The number of hydrogen-bond acceptors (Lipinski definition) is 2. The number of rotatable bonds is 5. The summed E-state index contributed by atoms with van der Waals surface area (Å²) >= 11 is 0. The predicted octanol–water partition coefficient (Wildman–Crippen LogP) is 5.48. The van der Waals surface area contributed by atoms with Crippen molar-refractivity contribution >= 4 is 26.5 Å². The molecule has 4 aromatic rings. The van der Waals surface area contributed by atoms with E-state index in [-0.39, 0.29) is 0 Å². The van der Waals surface area contributed by atoms with Gasteiger partial charge < -0.3 is 4.57 Å². The molecule has 1 aromatic heterocycles. The molecule has 4 nitrogen and oxygen atoms in total. The Bertz CT molecular complexity index is 1390. The Hall–Kier alpha value is -3.15. The third-order valence-electron chi connectivity index (χ3n) is 6.29. The minimum Gasteiger partial charge on any atom is -0.340 e. The first-order chi connectivity index (χ1) is 15.6. The summed E-state index contributed by atoms with van der Waals surface area (Å²) in [6.45, 7) is 3.87. The van der Waals surface area contributed by atoms with Gasteiger partial charge in [0.05, 0.1) is 4.90 Å². The molecule has 0 saturated carbocycles. The van der Waals surface area contributed by atoms with Gasteiger partial charge in [0.2, 0.25) is 10.0 Å². The van der Waals surface area contributed by atoms with Crippen molar-refractivity contribution in [3.05, 3.63) is 108 Å². The number of aromatic nitrogens is 1. The first kappa shape index (κ1) is 20.7. The van der Waals surface area contributed by atoms with Crippen molar-refractivity contribution in [1.82, 2.24) is 8.87 Å². The lowest BCUT2D eigenvalue weighted by Crippen LogP contribution is -2.34. The van der Waals surface area contributed by atoms with Crippen LogP contribution in [0.25, 0.3) is 16.5 Å². The first-order valence-electron chi connectivity index (χ1n) is 10.9. The standard InChI is InChI=1S/C27H26N2O2S/c1-21-27(23-16-18-28(19-17-23)32(30,31)24-12-6-3-7-13-24)25-14-8-9-15-26(25)29(21)20-22-10-4-2-5-11-22/h2-16H,17-20H2,1H3. The van der Waals surface area contributed by atoms with E-state index in [0.29, 0.717) is 24.4 Å². The Balaban J connectivity index is 1.50. The van der Waals surface area contributed by atoms with Crippen LogP contribution in [0.3, 0.4) is 0 Å². The topological polar surface area (TPSA) is 42.3 Å². The Labute approximate surface area is 189 Å². The molecule has 2 heterocycles. The largest absolute Gasteiger partial charge is 0.340 e. The molecule has 0 N–H and O–H groups in total. The van der Waals surface area contributed by atoms with Crippen LogP contribution >= 0.6 is 0 Å². The molecular weight excluding hydrogens is 416 g/mol. The normalized spacial score (nSPS) is 15.1. The van der Waals surface area contributed by atoms with E-state index < -0.39 is 10.0 Å².